The SMILES string of the molecule is CCCCOc1ccc(C=C2SC(=N)C(c3nccs3)C2=O)cc1OC. The Balaban J connectivity index is 1.81. The highest BCUT2D eigenvalue weighted by atomic mass is 32.2. The number of allylic oxidation sites excluding steroid dienone is 1. The average molecular weight is 389 g/mol. The van der Waals surface area contributed by atoms with Gasteiger partial charge in [-0.25, -0.2) is 4.98 Å². The van der Waals surface area contributed by atoms with Crippen molar-refractivity contribution in [3.8, 4) is 11.5 Å². The summed E-state index contributed by atoms with van der Waals surface area (Å²) in [5.41, 5.74) is 0.841. The van der Waals surface area contributed by atoms with Crippen LogP contribution in [0, 0.1) is 5.41 Å². The number of hydrogen-bond acceptors (Lipinski definition) is 7. The Hall–Kier alpha value is -2.12. The molecule has 1 unspecified atom stereocenters. The molecular weight excluding hydrogens is 368 g/mol. The molecule has 0 radical (unpaired) electrons. The van der Waals surface area contributed by atoms with E-state index in [0.717, 1.165) is 18.4 Å². The molecule has 1 fully saturated rings. The molecule has 3 rings (SSSR count). The molecule has 1 aliphatic rings. The van der Waals surface area contributed by atoms with Gasteiger partial charge in [-0.15, -0.1) is 11.3 Å². The van der Waals surface area contributed by atoms with Gasteiger partial charge in [0, 0.05) is 11.6 Å². The van der Waals surface area contributed by atoms with Crippen molar-refractivity contribution in [2.75, 3.05) is 13.7 Å². The zero-order valence-electron chi connectivity index (χ0n) is 14.7. The number of aromatic nitrogens is 1. The van der Waals surface area contributed by atoms with E-state index in [2.05, 4.69) is 11.9 Å². The number of ketones is 1. The molecule has 0 aliphatic carbocycles. The number of ether oxygens (including phenoxy) is 2. The Morgan fingerprint density at radius 3 is 2.88 bits per heavy atom. The van der Waals surface area contributed by atoms with Crippen molar-refractivity contribution < 1.29 is 14.3 Å². The summed E-state index contributed by atoms with van der Waals surface area (Å²) in [5, 5.41) is 11.0. The van der Waals surface area contributed by atoms with E-state index in [1.54, 1.807) is 19.4 Å². The minimum Gasteiger partial charge on any atom is -0.493 e. The molecule has 1 saturated heterocycles. The molecule has 0 spiro atoms. The second-order valence-corrected chi connectivity index (χ2v) is 7.76. The lowest BCUT2D eigenvalue weighted by Gasteiger charge is -2.11. The standard InChI is InChI=1S/C19H20N2O3S2/c1-3-4-8-24-13-6-5-12(10-14(13)23-2)11-15-17(22)16(18(20)26-15)19-21-7-9-25-19/h5-7,9-11,16,20H,3-4,8H2,1-2H3. The van der Waals surface area contributed by atoms with Crippen molar-refractivity contribution in [2.24, 2.45) is 0 Å². The molecule has 0 amide bonds. The van der Waals surface area contributed by atoms with E-state index in [0.29, 0.717) is 33.1 Å². The summed E-state index contributed by atoms with van der Waals surface area (Å²) in [6, 6.07) is 5.60. The van der Waals surface area contributed by atoms with Gasteiger partial charge in [-0.3, -0.25) is 10.2 Å². The third-order valence-corrected chi connectivity index (χ3v) is 5.76. The summed E-state index contributed by atoms with van der Waals surface area (Å²) in [4.78, 5) is 17.4. The lowest BCUT2D eigenvalue weighted by molar-refractivity contribution is -0.114. The molecule has 7 heteroatoms. The number of unbranched alkanes of at least 4 members (excludes halogenated alkanes) is 1. The molecule has 1 aromatic carbocycles. The topological polar surface area (TPSA) is 72.3 Å². The smallest absolute Gasteiger partial charge is 0.186 e. The lowest BCUT2D eigenvalue weighted by atomic mass is 10.0. The second kappa shape index (κ2) is 8.51. The van der Waals surface area contributed by atoms with Crippen molar-refractivity contribution in [1.29, 1.82) is 5.41 Å². The highest BCUT2D eigenvalue weighted by molar-refractivity contribution is 8.19. The highest BCUT2D eigenvalue weighted by Crippen LogP contribution is 2.41. The summed E-state index contributed by atoms with van der Waals surface area (Å²) in [7, 11) is 1.60. The molecule has 1 N–H and O–H groups in total. The number of nitrogens with one attached hydrogen (secondary N) is 1. The van der Waals surface area contributed by atoms with Crippen LogP contribution in [-0.2, 0) is 4.79 Å². The van der Waals surface area contributed by atoms with E-state index in [1.165, 1.54) is 23.1 Å². The molecule has 26 heavy (non-hydrogen) atoms. The Morgan fingerprint density at radius 2 is 2.19 bits per heavy atom. The zero-order chi connectivity index (χ0) is 18.5. The number of thioether (sulfide) groups is 1. The van der Waals surface area contributed by atoms with E-state index in [-0.39, 0.29) is 5.78 Å². The fourth-order valence-electron chi connectivity index (χ4n) is 2.56. The van der Waals surface area contributed by atoms with Crippen LogP contribution in [0.3, 0.4) is 0 Å². The van der Waals surface area contributed by atoms with E-state index >= 15 is 0 Å². The first-order valence-corrected chi connectivity index (χ1v) is 10.1. The number of Topliss-reactive ketones (excluding diaryl/α,β-unsaturated/α-hetero) is 1. The van der Waals surface area contributed by atoms with Gasteiger partial charge in [0.1, 0.15) is 10.9 Å². The molecule has 1 aliphatic heterocycles. The monoisotopic (exact) mass is 388 g/mol. The third-order valence-electron chi connectivity index (χ3n) is 3.93. The van der Waals surface area contributed by atoms with Gasteiger partial charge in [-0.2, -0.15) is 0 Å². The predicted octanol–water partition coefficient (Wildman–Crippen LogP) is 4.75. The maximum absolute atomic E-state index is 12.7. The molecule has 2 heterocycles. The largest absolute Gasteiger partial charge is 0.493 e. The number of rotatable bonds is 7. The van der Waals surface area contributed by atoms with Crippen molar-refractivity contribution in [1.82, 2.24) is 4.98 Å². The fraction of sp³-hybridized carbons (Fsp3) is 0.316. The first-order chi connectivity index (χ1) is 12.6. The van der Waals surface area contributed by atoms with E-state index < -0.39 is 5.92 Å². The normalized spacial score (nSPS) is 18.5. The first-order valence-electron chi connectivity index (χ1n) is 8.36. The van der Waals surface area contributed by atoms with Gasteiger partial charge < -0.3 is 9.47 Å². The van der Waals surface area contributed by atoms with Gasteiger partial charge in [-0.05, 0) is 30.2 Å². The quantitative estimate of drug-likeness (QED) is 0.547. The van der Waals surface area contributed by atoms with Crippen LogP contribution in [0.5, 0.6) is 11.5 Å². The maximum atomic E-state index is 12.7. The van der Waals surface area contributed by atoms with Crippen LogP contribution >= 0.6 is 23.1 Å². The Kier molecular flexibility index (Phi) is 6.11. The van der Waals surface area contributed by atoms with Crippen molar-refractivity contribution in [3.05, 3.63) is 45.3 Å². The highest BCUT2D eigenvalue weighted by Gasteiger charge is 2.38. The number of methoxy groups -OCH3 is 1. The average Bonchev–Trinajstić information content (AvgIpc) is 3.24. The van der Waals surface area contributed by atoms with Crippen molar-refractivity contribution in [2.45, 2.75) is 25.7 Å². The van der Waals surface area contributed by atoms with Crippen LogP contribution in [-0.4, -0.2) is 29.5 Å². The number of carbonyl (C=O) groups excluding carboxylic acids is 1. The molecular formula is C19H20N2O3S2. The predicted molar refractivity (Wildman–Crippen MR) is 107 cm³/mol. The van der Waals surface area contributed by atoms with Crippen molar-refractivity contribution in [3.63, 3.8) is 0 Å². The van der Waals surface area contributed by atoms with E-state index in [9.17, 15) is 4.79 Å². The minimum absolute atomic E-state index is 0.0720. The van der Waals surface area contributed by atoms with Crippen LogP contribution in [0.4, 0.5) is 0 Å². The Bertz CT molecular complexity index is 831. The zero-order valence-corrected chi connectivity index (χ0v) is 16.3. The third kappa shape index (κ3) is 3.99. The molecule has 2 aromatic rings. The maximum Gasteiger partial charge on any atom is 0.186 e. The molecule has 5 nitrogen and oxygen atoms in total. The summed E-state index contributed by atoms with van der Waals surface area (Å²) in [6.07, 6.45) is 5.51. The van der Waals surface area contributed by atoms with Crippen molar-refractivity contribution >= 4 is 40.0 Å². The van der Waals surface area contributed by atoms with Gasteiger partial charge >= 0.3 is 0 Å². The number of nitrogens with zero attached hydrogens (tertiary/aromatic N) is 1. The summed E-state index contributed by atoms with van der Waals surface area (Å²) in [5.74, 6) is 0.696. The van der Waals surface area contributed by atoms with Crippen LogP contribution in [0.1, 0.15) is 36.3 Å². The number of carbonyl (C=O) groups is 1. The fourth-order valence-corrected chi connectivity index (χ4v) is 4.37. The second-order valence-electron chi connectivity index (χ2n) is 5.75. The number of thiazole rings is 1. The minimum atomic E-state index is -0.565. The molecule has 1 atom stereocenters. The molecule has 136 valence electrons. The lowest BCUT2D eigenvalue weighted by Crippen LogP contribution is -2.11. The van der Waals surface area contributed by atoms with Crippen LogP contribution in [0.2, 0.25) is 0 Å². The summed E-state index contributed by atoms with van der Waals surface area (Å²) < 4.78 is 11.2. The Labute approximate surface area is 160 Å². The number of benzene rings is 1. The summed E-state index contributed by atoms with van der Waals surface area (Å²) in [6.45, 7) is 2.76. The van der Waals surface area contributed by atoms with Crippen LogP contribution in [0.15, 0.2) is 34.7 Å². The van der Waals surface area contributed by atoms with Crippen LogP contribution < -0.4 is 9.47 Å². The first kappa shape index (κ1) is 18.7. The summed E-state index contributed by atoms with van der Waals surface area (Å²) >= 11 is 2.60. The van der Waals surface area contributed by atoms with Crippen LogP contribution in [0.25, 0.3) is 6.08 Å². The van der Waals surface area contributed by atoms with E-state index in [4.69, 9.17) is 14.9 Å². The molecule has 0 bridgehead atoms. The molecule has 0 saturated carbocycles. The van der Waals surface area contributed by atoms with Gasteiger partial charge in [0.15, 0.2) is 17.3 Å². The Morgan fingerprint density at radius 1 is 1.35 bits per heavy atom. The van der Waals surface area contributed by atoms with Gasteiger partial charge in [-0.1, -0.05) is 31.2 Å². The van der Waals surface area contributed by atoms with Gasteiger partial charge in [0.05, 0.1) is 23.7 Å². The van der Waals surface area contributed by atoms with Gasteiger partial charge in [0.25, 0.3) is 0 Å². The molecule has 1 aromatic heterocycles. The van der Waals surface area contributed by atoms with Gasteiger partial charge in [0.2, 0.25) is 0 Å². The number of hydrogen-bond donors (Lipinski definition) is 1. The van der Waals surface area contributed by atoms with E-state index in [1.807, 2.05) is 23.6 Å².